The normalized spacial score (nSPS) is 22.1. The zero-order chi connectivity index (χ0) is 18.1. The van der Waals surface area contributed by atoms with Crippen molar-refractivity contribution in [2.45, 2.75) is 30.3 Å². The highest BCUT2D eigenvalue weighted by molar-refractivity contribution is 7.89. The van der Waals surface area contributed by atoms with Crippen LogP contribution in [0, 0.1) is 6.92 Å². The molecule has 0 N–H and O–H groups in total. The van der Waals surface area contributed by atoms with Crippen molar-refractivity contribution in [2.75, 3.05) is 0 Å². The third-order valence-corrected chi connectivity index (χ3v) is 6.82. The van der Waals surface area contributed by atoms with Crippen molar-refractivity contribution < 1.29 is 8.42 Å². The maximum absolute atomic E-state index is 13.2. The second-order valence-electron chi connectivity index (χ2n) is 6.76. The maximum Gasteiger partial charge on any atom is 0.244 e. The molecule has 3 atom stereocenters. The van der Waals surface area contributed by atoms with E-state index in [1.165, 1.54) is 0 Å². The third-order valence-electron chi connectivity index (χ3n) is 4.90. The Balaban J connectivity index is 1.68. The number of hydrogen-bond acceptors (Lipinski definition) is 2. The SMILES string of the molecule is Cc1ccc(S(=O)(=O)N2C(Cc3ccccc3)C2c2ccccc2)cc1. The van der Waals surface area contributed by atoms with Gasteiger partial charge in [-0.1, -0.05) is 78.4 Å². The summed E-state index contributed by atoms with van der Waals surface area (Å²) in [6.45, 7) is 1.96. The molecule has 0 radical (unpaired) electrons. The van der Waals surface area contributed by atoms with Gasteiger partial charge >= 0.3 is 0 Å². The molecule has 0 amide bonds. The smallest absolute Gasteiger partial charge is 0.207 e. The molecule has 0 spiro atoms. The minimum absolute atomic E-state index is 0.0499. The Morgan fingerprint density at radius 2 is 1.38 bits per heavy atom. The van der Waals surface area contributed by atoms with Gasteiger partial charge in [0.1, 0.15) is 0 Å². The first-order chi connectivity index (χ1) is 12.6. The molecule has 3 aromatic carbocycles. The minimum atomic E-state index is -3.52. The first-order valence-corrected chi connectivity index (χ1v) is 10.2. The molecule has 3 unspecified atom stereocenters. The number of nitrogens with zero attached hydrogens (tertiary/aromatic N) is 1. The zero-order valence-corrected chi connectivity index (χ0v) is 15.4. The van der Waals surface area contributed by atoms with Gasteiger partial charge in [0.25, 0.3) is 0 Å². The molecule has 0 saturated carbocycles. The summed E-state index contributed by atoms with van der Waals surface area (Å²) in [6, 6.07) is 26.9. The van der Waals surface area contributed by atoms with Gasteiger partial charge in [-0.25, -0.2) is 8.42 Å². The van der Waals surface area contributed by atoms with E-state index in [-0.39, 0.29) is 12.1 Å². The fourth-order valence-electron chi connectivity index (χ4n) is 3.49. The molecule has 0 bridgehead atoms. The summed E-state index contributed by atoms with van der Waals surface area (Å²) < 4.78 is 28.1. The van der Waals surface area contributed by atoms with Crippen molar-refractivity contribution in [2.24, 2.45) is 0 Å². The molecule has 1 fully saturated rings. The number of sulfonamides is 1. The zero-order valence-electron chi connectivity index (χ0n) is 14.6. The maximum atomic E-state index is 13.2. The van der Waals surface area contributed by atoms with Crippen LogP contribution in [0.2, 0.25) is 0 Å². The summed E-state index contributed by atoms with van der Waals surface area (Å²) in [5, 5.41) is 0. The molecule has 0 aliphatic carbocycles. The molecule has 3 aromatic rings. The van der Waals surface area contributed by atoms with Crippen LogP contribution in [-0.4, -0.2) is 18.8 Å². The van der Waals surface area contributed by atoms with Crippen LogP contribution in [0.1, 0.15) is 22.7 Å². The molecular weight excluding hydrogens is 342 g/mol. The molecule has 1 aliphatic heterocycles. The first kappa shape index (κ1) is 17.0. The second kappa shape index (κ2) is 6.71. The highest BCUT2D eigenvalue weighted by Crippen LogP contribution is 2.49. The van der Waals surface area contributed by atoms with Crippen LogP contribution in [0.25, 0.3) is 0 Å². The van der Waals surface area contributed by atoms with Crippen LogP contribution in [0.3, 0.4) is 0 Å². The molecule has 1 aliphatic rings. The van der Waals surface area contributed by atoms with E-state index in [1.807, 2.05) is 67.6 Å². The fourth-order valence-corrected chi connectivity index (χ4v) is 5.27. The van der Waals surface area contributed by atoms with E-state index in [0.717, 1.165) is 16.7 Å². The molecule has 132 valence electrons. The molecule has 4 rings (SSSR count). The van der Waals surface area contributed by atoms with Gasteiger partial charge in [-0.05, 0) is 36.6 Å². The summed E-state index contributed by atoms with van der Waals surface area (Å²) >= 11 is 0. The Labute approximate surface area is 155 Å². The van der Waals surface area contributed by atoms with E-state index < -0.39 is 10.0 Å². The van der Waals surface area contributed by atoms with E-state index in [2.05, 4.69) is 12.1 Å². The van der Waals surface area contributed by atoms with Crippen LogP contribution >= 0.6 is 0 Å². The van der Waals surface area contributed by atoms with Crippen LogP contribution in [0.15, 0.2) is 89.8 Å². The summed E-state index contributed by atoms with van der Waals surface area (Å²) in [7, 11) is -3.52. The van der Waals surface area contributed by atoms with Crippen molar-refractivity contribution in [1.82, 2.24) is 4.31 Å². The summed E-state index contributed by atoms with van der Waals surface area (Å²) in [6.07, 6.45) is 0.714. The molecule has 1 heterocycles. The topological polar surface area (TPSA) is 37.1 Å². The highest BCUT2D eigenvalue weighted by atomic mass is 32.2. The van der Waals surface area contributed by atoms with E-state index in [4.69, 9.17) is 0 Å². The highest BCUT2D eigenvalue weighted by Gasteiger charge is 2.55. The Morgan fingerprint density at radius 1 is 0.808 bits per heavy atom. The minimum Gasteiger partial charge on any atom is -0.207 e. The Bertz CT molecular complexity index is 983. The number of rotatable bonds is 5. The largest absolute Gasteiger partial charge is 0.244 e. The molecule has 1 saturated heterocycles. The van der Waals surface area contributed by atoms with Gasteiger partial charge in [0.2, 0.25) is 10.0 Å². The molecule has 3 nitrogen and oxygen atoms in total. The Kier molecular flexibility index (Phi) is 4.39. The number of aryl methyl sites for hydroxylation is 1. The Morgan fingerprint density at radius 3 is 2.00 bits per heavy atom. The Hall–Kier alpha value is -2.43. The van der Waals surface area contributed by atoms with Crippen molar-refractivity contribution in [3.8, 4) is 0 Å². The third kappa shape index (κ3) is 3.18. The van der Waals surface area contributed by atoms with E-state index in [9.17, 15) is 8.42 Å². The lowest BCUT2D eigenvalue weighted by Gasteiger charge is -2.07. The van der Waals surface area contributed by atoms with Gasteiger partial charge in [0.05, 0.1) is 17.0 Å². The van der Waals surface area contributed by atoms with Crippen molar-refractivity contribution in [3.63, 3.8) is 0 Å². The molecular formula is C22H21NO2S. The molecule has 4 heteroatoms. The quantitative estimate of drug-likeness (QED) is 0.632. The molecule has 26 heavy (non-hydrogen) atoms. The summed E-state index contributed by atoms with van der Waals surface area (Å²) in [4.78, 5) is 0.361. The first-order valence-electron chi connectivity index (χ1n) is 8.76. The van der Waals surface area contributed by atoms with Gasteiger partial charge < -0.3 is 0 Å². The number of hydrogen-bond donors (Lipinski definition) is 0. The predicted octanol–water partition coefficient (Wildman–Crippen LogP) is 4.35. The van der Waals surface area contributed by atoms with Crippen molar-refractivity contribution in [1.29, 1.82) is 0 Å². The van der Waals surface area contributed by atoms with Gasteiger partial charge in [0.15, 0.2) is 0 Å². The van der Waals surface area contributed by atoms with E-state index in [1.54, 1.807) is 16.4 Å². The number of benzene rings is 3. The van der Waals surface area contributed by atoms with Crippen LogP contribution in [-0.2, 0) is 16.4 Å². The summed E-state index contributed by atoms with van der Waals surface area (Å²) in [5.41, 5.74) is 3.25. The van der Waals surface area contributed by atoms with E-state index >= 15 is 0 Å². The lowest BCUT2D eigenvalue weighted by molar-refractivity contribution is 0.545. The fraction of sp³-hybridized carbons (Fsp3) is 0.182. The van der Waals surface area contributed by atoms with Crippen LogP contribution < -0.4 is 0 Å². The molecule has 0 aromatic heterocycles. The standard InChI is InChI=1S/C22H21NO2S/c1-17-12-14-20(15-13-17)26(24,25)23-21(16-18-8-4-2-5-9-18)22(23)19-10-6-3-7-11-19/h2-15,21-22H,16H2,1H3. The monoisotopic (exact) mass is 363 g/mol. The van der Waals surface area contributed by atoms with E-state index in [0.29, 0.717) is 11.3 Å². The lowest BCUT2D eigenvalue weighted by Crippen LogP contribution is -2.16. The van der Waals surface area contributed by atoms with Gasteiger partial charge in [-0.15, -0.1) is 0 Å². The van der Waals surface area contributed by atoms with Crippen molar-refractivity contribution in [3.05, 3.63) is 102 Å². The second-order valence-corrected chi connectivity index (χ2v) is 8.60. The van der Waals surface area contributed by atoms with Crippen LogP contribution in [0.4, 0.5) is 0 Å². The lowest BCUT2D eigenvalue weighted by atomic mass is 10.0. The van der Waals surface area contributed by atoms with Gasteiger partial charge in [0, 0.05) is 0 Å². The van der Waals surface area contributed by atoms with Gasteiger partial charge in [-0.2, -0.15) is 4.31 Å². The van der Waals surface area contributed by atoms with Crippen molar-refractivity contribution >= 4 is 10.0 Å². The predicted molar refractivity (Wildman–Crippen MR) is 103 cm³/mol. The van der Waals surface area contributed by atoms with Crippen LogP contribution in [0.5, 0.6) is 0 Å². The average Bonchev–Trinajstić information content (AvgIpc) is 3.38. The summed E-state index contributed by atoms with van der Waals surface area (Å²) in [5.74, 6) is 0. The average molecular weight is 363 g/mol. The van der Waals surface area contributed by atoms with Gasteiger partial charge in [-0.3, -0.25) is 0 Å².